The summed E-state index contributed by atoms with van der Waals surface area (Å²) < 4.78 is 7.86. The van der Waals surface area contributed by atoms with Crippen LogP contribution in [0.3, 0.4) is 0 Å². The number of imidazole rings is 1. The van der Waals surface area contributed by atoms with Crippen molar-refractivity contribution in [2.24, 2.45) is 5.41 Å². The summed E-state index contributed by atoms with van der Waals surface area (Å²) in [6.07, 6.45) is 8.61. The molecular formula is C18H19N3OS2. The first-order valence-electron chi connectivity index (χ1n) is 7.64. The fraction of sp³-hybridized carbons (Fsp3) is 0.278. The lowest BCUT2D eigenvalue weighted by Gasteiger charge is -2.30. The van der Waals surface area contributed by atoms with E-state index in [-0.39, 0.29) is 11.5 Å². The van der Waals surface area contributed by atoms with Crippen LogP contribution in [0.25, 0.3) is 10.4 Å². The van der Waals surface area contributed by atoms with Crippen molar-refractivity contribution in [1.82, 2.24) is 14.5 Å². The zero-order chi connectivity index (χ0) is 17.2. The van der Waals surface area contributed by atoms with Gasteiger partial charge in [0.05, 0.1) is 0 Å². The van der Waals surface area contributed by atoms with E-state index in [1.165, 1.54) is 4.88 Å². The van der Waals surface area contributed by atoms with Gasteiger partial charge in [0.15, 0.2) is 0 Å². The molecule has 124 valence electrons. The van der Waals surface area contributed by atoms with Crippen molar-refractivity contribution in [3.8, 4) is 10.4 Å². The maximum atomic E-state index is 6.15. The Morgan fingerprint density at radius 3 is 2.50 bits per heavy atom. The van der Waals surface area contributed by atoms with Gasteiger partial charge in [0, 0.05) is 40.0 Å². The van der Waals surface area contributed by atoms with E-state index in [1.807, 2.05) is 12.1 Å². The van der Waals surface area contributed by atoms with Crippen molar-refractivity contribution in [2.75, 3.05) is 0 Å². The highest BCUT2D eigenvalue weighted by Gasteiger charge is 2.31. The Labute approximate surface area is 151 Å². The number of thiophene rings is 1. The van der Waals surface area contributed by atoms with Crippen LogP contribution in [-0.4, -0.2) is 19.7 Å². The van der Waals surface area contributed by atoms with E-state index in [9.17, 15) is 0 Å². The van der Waals surface area contributed by atoms with Crippen LogP contribution >= 0.6 is 23.6 Å². The van der Waals surface area contributed by atoms with E-state index < -0.39 is 0 Å². The molecule has 3 heterocycles. The van der Waals surface area contributed by atoms with E-state index in [1.54, 1.807) is 47.0 Å². The third-order valence-electron chi connectivity index (χ3n) is 3.57. The standard InChI is InChI=1S/C18H19N3OS2/c1-18(2,3)16(22-17(23)21-11-10-20-12-21)15-5-4-14(24-15)13-6-8-19-9-7-13/h4-12,16H,1-3H3. The number of rotatable bonds is 3. The molecule has 0 saturated carbocycles. The minimum absolute atomic E-state index is 0.0923. The largest absolute Gasteiger partial charge is 0.461 e. The van der Waals surface area contributed by atoms with Gasteiger partial charge in [-0.3, -0.25) is 9.55 Å². The lowest BCUT2D eigenvalue weighted by atomic mass is 9.88. The highest BCUT2D eigenvalue weighted by Crippen LogP contribution is 2.41. The Morgan fingerprint density at radius 2 is 1.88 bits per heavy atom. The van der Waals surface area contributed by atoms with Crippen LogP contribution in [-0.2, 0) is 4.74 Å². The van der Waals surface area contributed by atoms with E-state index in [2.05, 4.69) is 42.9 Å². The fourth-order valence-electron chi connectivity index (χ4n) is 2.36. The average Bonchev–Trinajstić information content (AvgIpc) is 3.23. The molecule has 24 heavy (non-hydrogen) atoms. The monoisotopic (exact) mass is 357 g/mol. The van der Waals surface area contributed by atoms with Crippen molar-refractivity contribution in [3.63, 3.8) is 0 Å². The van der Waals surface area contributed by atoms with Crippen molar-refractivity contribution in [1.29, 1.82) is 0 Å². The van der Waals surface area contributed by atoms with E-state index in [0.29, 0.717) is 5.17 Å². The first kappa shape index (κ1) is 16.8. The lowest BCUT2D eigenvalue weighted by molar-refractivity contribution is 0.0775. The highest BCUT2D eigenvalue weighted by molar-refractivity contribution is 7.80. The number of pyridine rings is 1. The Balaban J connectivity index is 1.87. The lowest BCUT2D eigenvalue weighted by Crippen LogP contribution is -2.25. The third-order valence-corrected chi connectivity index (χ3v) is 5.06. The van der Waals surface area contributed by atoms with Gasteiger partial charge >= 0.3 is 0 Å². The van der Waals surface area contributed by atoms with Crippen LogP contribution in [0.5, 0.6) is 0 Å². The molecular weight excluding hydrogens is 338 g/mol. The number of nitrogens with zero attached hydrogens (tertiary/aromatic N) is 3. The third kappa shape index (κ3) is 3.71. The molecule has 3 rings (SSSR count). The van der Waals surface area contributed by atoms with Crippen molar-refractivity contribution in [2.45, 2.75) is 26.9 Å². The summed E-state index contributed by atoms with van der Waals surface area (Å²) in [5, 5.41) is 0.409. The minimum Gasteiger partial charge on any atom is -0.461 e. The molecule has 0 radical (unpaired) electrons. The van der Waals surface area contributed by atoms with Crippen LogP contribution in [0, 0.1) is 5.41 Å². The van der Waals surface area contributed by atoms with Crippen molar-refractivity contribution < 1.29 is 4.74 Å². The Bertz CT molecular complexity index is 804. The van der Waals surface area contributed by atoms with Gasteiger partial charge < -0.3 is 4.74 Å². The Morgan fingerprint density at radius 1 is 1.12 bits per heavy atom. The minimum atomic E-state index is -0.131. The van der Waals surface area contributed by atoms with Gasteiger partial charge in [-0.15, -0.1) is 11.3 Å². The molecule has 0 aliphatic carbocycles. The number of thiocarbonyl (C=S) groups is 1. The van der Waals surface area contributed by atoms with Crippen molar-refractivity contribution >= 4 is 28.7 Å². The number of hydrogen-bond donors (Lipinski definition) is 0. The second-order valence-corrected chi connectivity index (χ2v) is 8.00. The molecule has 0 N–H and O–H groups in total. The molecule has 0 fully saturated rings. The van der Waals surface area contributed by atoms with Gasteiger partial charge in [0.1, 0.15) is 12.4 Å². The van der Waals surface area contributed by atoms with Gasteiger partial charge in [-0.1, -0.05) is 20.8 Å². The number of hydrogen-bond acceptors (Lipinski definition) is 5. The highest BCUT2D eigenvalue weighted by atomic mass is 32.1. The number of aromatic nitrogens is 3. The van der Waals surface area contributed by atoms with E-state index >= 15 is 0 Å². The van der Waals surface area contributed by atoms with E-state index in [4.69, 9.17) is 17.0 Å². The summed E-state index contributed by atoms with van der Waals surface area (Å²) in [6, 6.07) is 8.27. The van der Waals surface area contributed by atoms with Crippen LogP contribution in [0.15, 0.2) is 55.4 Å². The molecule has 1 unspecified atom stereocenters. The topological polar surface area (TPSA) is 39.9 Å². The zero-order valence-corrected chi connectivity index (χ0v) is 15.5. The molecule has 0 aliphatic heterocycles. The molecule has 0 bridgehead atoms. The summed E-state index contributed by atoms with van der Waals surface area (Å²) in [7, 11) is 0. The van der Waals surface area contributed by atoms with Gasteiger partial charge in [-0.25, -0.2) is 4.98 Å². The maximum Gasteiger partial charge on any atom is 0.269 e. The molecule has 0 amide bonds. The molecule has 3 aromatic heterocycles. The molecule has 3 aromatic rings. The quantitative estimate of drug-likeness (QED) is 0.622. The Hall–Kier alpha value is -2.05. The van der Waals surface area contributed by atoms with Crippen molar-refractivity contribution in [3.05, 3.63) is 60.3 Å². The SMILES string of the molecule is CC(C)(C)C(OC(=S)n1ccnc1)c1ccc(-c2ccncc2)s1. The summed E-state index contributed by atoms with van der Waals surface area (Å²) >= 11 is 7.14. The molecule has 0 aliphatic rings. The molecule has 0 spiro atoms. The van der Waals surface area contributed by atoms with Crippen LogP contribution in [0.1, 0.15) is 31.8 Å². The fourth-order valence-corrected chi connectivity index (χ4v) is 3.85. The van der Waals surface area contributed by atoms with Crippen LogP contribution < -0.4 is 0 Å². The summed E-state index contributed by atoms with van der Waals surface area (Å²) in [5.74, 6) is 0. The maximum absolute atomic E-state index is 6.15. The second-order valence-electron chi connectivity index (χ2n) is 6.54. The molecule has 6 heteroatoms. The second kappa shape index (κ2) is 6.83. The molecule has 0 saturated heterocycles. The van der Waals surface area contributed by atoms with Gasteiger partial charge in [-0.2, -0.15) is 0 Å². The molecule has 4 nitrogen and oxygen atoms in total. The predicted molar refractivity (Wildman–Crippen MR) is 101 cm³/mol. The van der Waals surface area contributed by atoms with Crippen LogP contribution in [0.2, 0.25) is 0 Å². The first-order chi connectivity index (χ1) is 11.4. The summed E-state index contributed by atoms with van der Waals surface area (Å²) in [4.78, 5) is 10.4. The average molecular weight is 358 g/mol. The summed E-state index contributed by atoms with van der Waals surface area (Å²) in [5.41, 5.74) is 1.07. The normalized spacial score (nSPS) is 12.8. The first-order valence-corrected chi connectivity index (χ1v) is 8.87. The van der Waals surface area contributed by atoms with Gasteiger partial charge in [0.2, 0.25) is 0 Å². The Kier molecular flexibility index (Phi) is 4.78. The zero-order valence-electron chi connectivity index (χ0n) is 13.8. The molecule has 0 aromatic carbocycles. The predicted octanol–water partition coefficient (Wildman–Crippen LogP) is 4.94. The smallest absolute Gasteiger partial charge is 0.269 e. The molecule has 1 atom stereocenters. The summed E-state index contributed by atoms with van der Waals surface area (Å²) in [6.45, 7) is 6.46. The number of ether oxygens (including phenoxy) is 1. The van der Waals surface area contributed by atoms with Gasteiger partial charge in [0.25, 0.3) is 5.17 Å². The van der Waals surface area contributed by atoms with Gasteiger partial charge in [-0.05, 0) is 42.0 Å². The van der Waals surface area contributed by atoms with Crippen LogP contribution in [0.4, 0.5) is 0 Å². The van der Waals surface area contributed by atoms with E-state index in [0.717, 1.165) is 10.4 Å².